The number of ether oxygens (including phenoxy) is 1. The van der Waals surface area contributed by atoms with Crippen molar-refractivity contribution in [1.82, 2.24) is 4.72 Å². The highest BCUT2D eigenvalue weighted by Crippen LogP contribution is 2.21. The molecule has 0 aliphatic carbocycles. The highest BCUT2D eigenvalue weighted by atomic mass is 32.2. The Kier molecular flexibility index (Phi) is 5.20. The molecule has 0 heterocycles. The fourth-order valence-corrected chi connectivity index (χ4v) is 1.28. The van der Waals surface area contributed by atoms with E-state index >= 15 is 0 Å². The maximum absolute atomic E-state index is 11.9. The Morgan fingerprint density at radius 3 is 2.31 bits per heavy atom. The first-order valence-corrected chi connectivity index (χ1v) is 5.84. The van der Waals surface area contributed by atoms with Crippen LogP contribution in [0.1, 0.15) is 20.3 Å². The summed E-state index contributed by atoms with van der Waals surface area (Å²) < 4.78 is 62.5. The van der Waals surface area contributed by atoms with E-state index in [-0.39, 0.29) is 6.42 Å². The lowest BCUT2D eigenvalue weighted by Gasteiger charge is -2.14. The molecule has 0 bridgehead atoms. The van der Waals surface area contributed by atoms with Gasteiger partial charge >= 0.3 is 21.5 Å². The van der Waals surface area contributed by atoms with Crippen molar-refractivity contribution in [2.24, 2.45) is 0 Å². The topological polar surface area (TPSA) is 72.5 Å². The molecule has 16 heavy (non-hydrogen) atoms. The summed E-state index contributed by atoms with van der Waals surface area (Å²) in [5.74, 6) is -0.612. The quantitative estimate of drug-likeness (QED) is 0.743. The zero-order valence-electron chi connectivity index (χ0n) is 8.67. The van der Waals surface area contributed by atoms with Crippen LogP contribution in [-0.4, -0.2) is 32.5 Å². The molecule has 0 amide bonds. The third-order valence-electron chi connectivity index (χ3n) is 1.49. The second-order valence-electron chi connectivity index (χ2n) is 2.95. The molecule has 1 atom stereocenters. The van der Waals surface area contributed by atoms with Gasteiger partial charge in [0.2, 0.25) is 0 Å². The van der Waals surface area contributed by atoms with Crippen LogP contribution in [0.5, 0.6) is 0 Å². The number of hydrogen-bond donors (Lipinski definition) is 1. The average molecular weight is 263 g/mol. The molecular weight excluding hydrogens is 251 g/mol. The van der Waals surface area contributed by atoms with Crippen molar-refractivity contribution < 1.29 is 31.1 Å². The summed E-state index contributed by atoms with van der Waals surface area (Å²) in [5.41, 5.74) is -5.36. The van der Waals surface area contributed by atoms with Gasteiger partial charge in [-0.1, -0.05) is 6.92 Å². The third-order valence-corrected chi connectivity index (χ3v) is 2.64. The predicted octanol–water partition coefficient (Wildman–Crippen LogP) is 0.767. The van der Waals surface area contributed by atoms with Gasteiger partial charge in [0.05, 0.1) is 0 Å². The zero-order valence-corrected chi connectivity index (χ0v) is 9.48. The van der Waals surface area contributed by atoms with Crippen LogP contribution in [0.4, 0.5) is 13.2 Å². The molecule has 0 aliphatic rings. The van der Waals surface area contributed by atoms with Gasteiger partial charge in [-0.25, -0.2) is 13.1 Å². The van der Waals surface area contributed by atoms with Crippen molar-refractivity contribution in [3.05, 3.63) is 0 Å². The van der Waals surface area contributed by atoms with E-state index in [9.17, 15) is 26.4 Å². The molecule has 0 saturated carbocycles. The Morgan fingerprint density at radius 2 is 1.94 bits per heavy atom. The molecule has 0 fully saturated rings. The van der Waals surface area contributed by atoms with Gasteiger partial charge in [0, 0.05) is 13.0 Å². The minimum Gasteiger partial charge on any atom is -0.461 e. The lowest BCUT2D eigenvalue weighted by molar-refractivity contribution is -0.147. The largest absolute Gasteiger partial charge is 0.511 e. The second-order valence-corrected chi connectivity index (χ2v) is 4.71. The minimum atomic E-state index is -5.38. The molecule has 96 valence electrons. The molecule has 0 rings (SSSR count). The van der Waals surface area contributed by atoms with E-state index in [0.29, 0.717) is 0 Å². The number of carbonyl (C=O) groups is 1. The number of hydrogen-bond acceptors (Lipinski definition) is 4. The van der Waals surface area contributed by atoms with Crippen molar-refractivity contribution in [2.75, 3.05) is 6.54 Å². The zero-order chi connectivity index (χ0) is 13.0. The molecule has 5 nitrogen and oxygen atoms in total. The van der Waals surface area contributed by atoms with Crippen molar-refractivity contribution >= 4 is 16.0 Å². The van der Waals surface area contributed by atoms with Crippen molar-refractivity contribution in [3.63, 3.8) is 0 Å². The number of sulfonamides is 1. The van der Waals surface area contributed by atoms with E-state index in [4.69, 9.17) is 0 Å². The molecule has 0 spiro atoms. The fourth-order valence-electron chi connectivity index (χ4n) is 0.658. The van der Waals surface area contributed by atoms with Crippen LogP contribution in [0, 0.1) is 0 Å². The number of rotatable bonds is 5. The Morgan fingerprint density at radius 1 is 1.44 bits per heavy atom. The average Bonchev–Trinajstić information content (AvgIpc) is 2.13. The summed E-state index contributed by atoms with van der Waals surface area (Å²) in [6.07, 6.45) is -0.888. The molecule has 0 saturated heterocycles. The molecular formula is C7H12F3NO4S. The second kappa shape index (κ2) is 5.48. The number of carbonyl (C=O) groups excluding carboxylic acids is 1. The SMILES string of the molecule is CCC(=O)OC(C)CNS(=O)(=O)C(F)(F)F. The molecule has 0 aromatic carbocycles. The molecule has 9 heteroatoms. The van der Waals surface area contributed by atoms with Gasteiger partial charge in [0.15, 0.2) is 0 Å². The van der Waals surface area contributed by atoms with E-state index in [1.807, 2.05) is 0 Å². The van der Waals surface area contributed by atoms with E-state index < -0.39 is 34.1 Å². The third kappa shape index (κ3) is 4.79. The van der Waals surface area contributed by atoms with Gasteiger partial charge in [-0.3, -0.25) is 4.79 Å². The van der Waals surface area contributed by atoms with Crippen LogP contribution in [0.15, 0.2) is 0 Å². The van der Waals surface area contributed by atoms with Gasteiger partial charge in [0.25, 0.3) is 0 Å². The van der Waals surface area contributed by atoms with Crippen LogP contribution in [0.2, 0.25) is 0 Å². The van der Waals surface area contributed by atoms with Crippen molar-refractivity contribution in [2.45, 2.75) is 31.9 Å². The molecule has 1 N–H and O–H groups in total. The first-order chi connectivity index (χ1) is 7.10. The summed E-state index contributed by atoms with van der Waals surface area (Å²) in [4.78, 5) is 10.7. The van der Waals surface area contributed by atoms with Gasteiger partial charge in [-0.15, -0.1) is 0 Å². The monoisotopic (exact) mass is 263 g/mol. The fraction of sp³-hybridized carbons (Fsp3) is 0.857. The van der Waals surface area contributed by atoms with E-state index in [1.54, 1.807) is 0 Å². The van der Waals surface area contributed by atoms with Gasteiger partial charge in [-0.05, 0) is 6.92 Å². The summed E-state index contributed by atoms with van der Waals surface area (Å²) in [7, 11) is -5.38. The highest BCUT2D eigenvalue weighted by molar-refractivity contribution is 7.90. The molecule has 0 aromatic heterocycles. The highest BCUT2D eigenvalue weighted by Gasteiger charge is 2.45. The number of nitrogens with one attached hydrogen (secondary N) is 1. The van der Waals surface area contributed by atoms with E-state index in [2.05, 4.69) is 4.74 Å². The van der Waals surface area contributed by atoms with Crippen LogP contribution >= 0.6 is 0 Å². The van der Waals surface area contributed by atoms with Crippen LogP contribution in [0.3, 0.4) is 0 Å². The summed E-state index contributed by atoms with van der Waals surface area (Å²) in [5, 5.41) is 0. The minimum absolute atomic E-state index is 0.0658. The van der Waals surface area contributed by atoms with E-state index in [0.717, 1.165) is 0 Å². The van der Waals surface area contributed by atoms with E-state index in [1.165, 1.54) is 18.6 Å². The number of esters is 1. The Hall–Kier alpha value is -0.830. The summed E-state index contributed by atoms with van der Waals surface area (Å²) in [6.45, 7) is 2.18. The molecule has 0 radical (unpaired) electrons. The number of halogens is 3. The summed E-state index contributed by atoms with van der Waals surface area (Å²) >= 11 is 0. The first kappa shape index (κ1) is 15.2. The molecule has 0 aromatic rings. The van der Waals surface area contributed by atoms with Gasteiger partial charge in [-0.2, -0.15) is 13.2 Å². The normalized spacial score (nSPS) is 14.6. The van der Waals surface area contributed by atoms with Crippen LogP contribution in [-0.2, 0) is 19.6 Å². The predicted molar refractivity (Wildman–Crippen MR) is 48.8 cm³/mol. The Balaban J connectivity index is 4.22. The maximum atomic E-state index is 11.9. The maximum Gasteiger partial charge on any atom is 0.511 e. The van der Waals surface area contributed by atoms with Crippen molar-refractivity contribution in [3.8, 4) is 0 Å². The Labute approximate surface area is 91.0 Å². The summed E-state index contributed by atoms with van der Waals surface area (Å²) in [6, 6.07) is 0. The first-order valence-electron chi connectivity index (χ1n) is 4.35. The Bertz CT molecular complexity index is 338. The number of alkyl halides is 3. The van der Waals surface area contributed by atoms with Crippen LogP contribution in [0.25, 0.3) is 0 Å². The molecule has 1 unspecified atom stereocenters. The van der Waals surface area contributed by atoms with Crippen molar-refractivity contribution in [1.29, 1.82) is 0 Å². The van der Waals surface area contributed by atoms with Crippen LogP contribution < -0.4 is 4.72 Å². The van der Waals surface area contributed by atoms with Gasteiger partial charge in [0.1, 0.15) is 6.10 Å². The standard InChI is InChI=1S/C7H12F3NO4S/c1-3-6(12)15-5(2)4-11-16(13,14)7(8,9)10/h5,11H,3-4H2,1-2H3. The lowest BCUT2D eigenvalue weighted by atomic mass is 10.4. The lowest BCUT2D eigenvalue weighted by Crippen LogP contribution is -2.40. The smallest absolute Gasteiger partial charge is 0.461 e. The molecule has 0 aliphatic heterocycles. The van der Waals surface area contributed by atoms with Gasteiger partial charge < -0.3 is 4.74 Å².